The minimum atomic E-state index is 0.0295. The Balaban J connectivity index is 1.59. The molecule has 5 nitrogen and oxygen atoms in total. The van der Waals surface area contributed by atoms with Crippen molar-refractivity contribution in [1.29, 1.82) is 0 Å². The van der Waals surface area contributed by atoms with Crippen LogP contribution in [0.2, 0.25) is 0 Å². The van der Waals surface area contributed by atoms with Crippen molar-refractivity contribution in [2.45, 2.75) is 58.5 Å². The first-order valence-corrected chi connectivity index (χ1v) is 10.00. The number of carbonyl (C=O) groups is 1. The molecule has 2 aromatic rings. The van der Waals surface area contributed by atoms with E-state index >= 15 is 0 Å². The Hall–Kier alpha value is -2.27. The SMILES string of the molecule is Cc1cc2c(c([C@@H]3CCCN3)c1)CN(C(=O)c1cnc(C(C)C)nc1)CC2. The first-order chi connectivity index (χ1) is 13.0. The molecular weight excluding hydrogens is 336 g/mol. The number of fused-ring (bicyclic) bond motifs is 1. The Bertz CT molecular complexity index is 838. The largest absolute Gasteiger partial charge is 0.334 e. The molecule has 1 saturated heterocycles. The summed E-state index contributed by atoms with van der Waals surface area (Å²) >= 11 is 0. The zero-order valence-corrected chi connectivity index (χ0v) is 16.5. The number of nitrogens with one attached hydrogen (secondary N) is 1. The van der Waals surface area contributed by atoms with Crippen molar-refractivity contribution < 1.29 is 4.79 Å². The maximum absolute atomic E-state index is 13.0. The predicted octanol–water partition coefficient (Wildman–Crippen LogP) is 3.53. The van der Waals surface area contributed by atoms with Crippen molar-refractivity contribution in [2.24, 2.45) is 0 Å². The van der Waals surface area contributed by atoms with E-state index in [9.17, 15) is 4.79 Å². The average Bonchev–Trinajstić information content (AvgIpc) is 3.21. The zero-order chi connectivity index (χ0) is 19.0. The van der Waals surface area contributed by atoms with Crippen LogP contribution in [0.4, 0.5) is 0 Å². The Morgan fingerprint density at radius 2 is 2.04 bits per heavy atom. The fourth-order valence-corrected chi connectivity index (χ4v) is 4.23. The van der Waals surface area contributed by atoms with Crippen molar-refractivity contribution >= 4 is 5.91 Å². The van der Waals surface area contributed by atoms with Crippen molar-refractivity contribution in [3.63, 3.8) is 0 Å². The van der Waals surface area contributed by atoms with E-state index in [1.165, 1.54) is 35.1 Å². The van der Waals surface area contributed by atoms with Gasteiger partial charge in [-0.15, -0.1) is 0 Å². The van der Waals surface area contributed by atoms with Gasteiger partial charge in [0, 0.05) is 37.4 Å². The van der Waals surface area contributed by atoms with Gasteiger partial charge >= 0.3 is 0 Å². The van der Waals surface area contributed by atoms with Crippen LogP contribution < -0.4 is 5.32 Å². The molecule has 0 aliphatic carbocycles. The molecule has 2 aliphatic rings. The van der Waals surface area contributed by atoms with E-state index in [2.05, 4.69) is 48.2 Å². The number of aryl methyl sites for hydroxylation is 1. The molecule has 4 rings (SSSR count). The number of benzene rings is 1. The van der Waals surface area contributed by atoms with Gasteiger partial charge in [0.05, 0.1) is 5.56 Å². The number of amides is 1. The van der Waals surface area contributed by atoms with Crippen LogP contribution in [-0.4, -0.2) is 33.9 Å². The predicted molar refractivity (Wildman–Crippen MR) is 106 cm³/mol. The maximum atomic E-state index is 13.0. The maximum Gasteiger partial charge on any atom is 0.257 e. The Labute approximate surface area is 161 Å². The number of carbonyl (C=O) groups excluding carboxylic acids is 1. The van der Waals surface area contributed by atoms with E-state index in [0.717, 1.165) is 25.3 Å². The second-order valence-electron chi connectivity index (χ2n) is 8.10. The molecule has 1 aromatic carbocycles. The van der Waals surface area contributed by atoms with Gasteiger partial charge in [0.1, 0.15) is 5.82 Å². The number of aromatic nitrogens is 2. The normalized spacial score (nSPS) is 19.4. The third kappa shape index (κ3) is 3.61. The van der Waals surface area contributed by atoms with Crippen LogP contribution in [0, 0.1) is 6.92 Å². The topological polar surface area (TPSA) is 58.1 Å². The molecule has 1 atom stereocenters. The smallest absolute Gasteiger partial charge is 0.257 e. The summed E-state index contributed by atoms with van der Waals surface area (Å²) in [6, 6.07) is 5.01. The third-order valence-corrected chi connectivity index (χ3v) is 5.68. The first-order valence-electron chi connectivity index (χ1n) is 10.00. The molecule has 0 spiro atoms. The van der Waals surface area contributed by atoms with Gasteiger partial charge in [-0.25, -0.2) is 9.97 Å². The van der Waals surface area contributed by atoms with Crippen LogP contribution in [0.1, 0.15) is 77.1 Å². The number of nitrogens with zero attached hydrogens (tertiary/aromatic N) is 3. The van der Waals surface area contributed by atoms with Crippen LogP contribution in [0.15, 0.2) is 24.5 Å². The molecule has 0 radical (unpaired) electrons. The molecule has 27 heavy (non-hydrogen) atoms. The highest BCUT2D eigenvalue weighted by molar-refractivity contribution is 5.93. The van der Waals surface area contributed by atoms with Crippen molar-refractivity contribution in [1.82, 2.24) is 20.2 Å². The molecule has 142 valence electrons. The summed E-state index contributed by atoms with van der Waals surface area (Å²) in [5.74, 6) is 1.07. The summed E-state index contributed by atoms with van der Waals surface area (Å²) in [7, 11) is 0. The van der Waals surface area contributed by atoms with Gasteiger partial charge in [0.25, 0.3) is 5.91 Å². The highest BCUT2D eigenvalue weighted by Gasteiger charge is 2.28. The zero-order valence-electron chi connectivity index (χ0n) is 16.5. The lowest BCUT2D eigenvalue weighted by Crippen LogP contribution is -2.37. The summed E-state index contributed by atoms with van der Waals surface area (Å²) in [5, 5.41) is 3.62. The molecule has 5 heteroatoms. The first kappa shape index (κ1) is 18.1. The Morgan fingerprint density at radius 1 is 1.26 bits per heavy atom. The van der Waals surface area contributed by atoms with E-state index in [-0.39, 0.29) is 11.8 Å². The summed E-state index contributed by atoms with van der Waals surface area (Å²) < 4.78 is 0. The van der Waals surface area contributed by atoms with Crippen LogP contribution in [0.25, 0.3) is 0 Å². The fraction of sp³-hybridized carbons (Fsp3) is 0.500. The molecule has 1 aromatic heterocycles. The summed E-state index contributed by atoms with van der Waals surface area (Å²) in [6.07, 6.45) is 6.65. The standard InChI is InChI=1S/C22H28N4O/c1-14(2)21-24-11-17(12-25-21)22(27)26-8-6-16-9-15(3)10-18(19(16)13-26)20-5-4-7-23-20/h9-12,14,20,23H,4-8,13H2,1-3H3/t20-/m0/s1. The molecule has 1 N–H and O–H groups in total. The Kier molecular flexibility index (Phi) is 4.96. The van der Waals surface area contributed by atoms with Crippen LogP contribution in [-0.2, 0) is 13.0 Å². The van der Waals surface area contributed by atoms with Crippen LogP contribution >= 0.6 is 0 Å². The number of rotatable bonds is 3. The van der Waals surface area contributed by atoms with Gasteiger partial charge in [-0.1, -0.05) is 31.5 Å². The van der Waals surface area contributed by atoms with E-state index in [1.807, 2.05) is 4.90 Å². The minimum Gasteiger partial charge on any atom is -0.334 e. The van der Waals surface area contributed by atoms with Gasteiger partial charge in [-0.3, -0.25) is 4.79 Å². The van der Waals surface area contributed by atoms with E-state index in [4.69, 9.17) is 0 Å². The van der Waals surface area contributed by atoms with E-state index in [1.54, 1.807) is 12.4 Å². The van der Waals surface area contributed by atoms with Crippen molar-refractivity contribution in [3.05, 3.63) is 58.2 Å². The number of hydrogen-bond donors (Lipinski definition) is 1. The van der Waals surface area contributed by atoms with Crippen molar-refractivity contribution in [2.75, 3.05) is 13.1 Å². The summed E-state index contributed by atoms with van der Waals surface area (Å²) in [4.78, 5) is 23.7. The molecular formula is C22H28N4O. The average molecular weight is 364 g/mol. The molecule has 1 amide bonds. The molecule has 3 heterocycles. The molecule has 2 aliphatic heterocycles. The van der Waals surface area contributed by atoms with E-state index in [0.29, 0.717) is 18.2 Å². The lowest BCUT2D eigenvalue weighted by atomic mass is 9.88. The number of hydrogen-bond acceptors (Lipinski definition) is 4. The summed E-state index contributed by atoms with van der Waals surface area (Å²) in [5.41, 5.74) is 6.00. The van der Waals surface area contributed by atoms with Crippen LogP contribution in [0.5, 0.6) is 0 Å². The molecule has 1 fully saturated rings. The van der Waals surface area contributed by atoms with Gasteiger partial charge in [0.15, 0.2) is 0 Å². The highest BCUT2D eigenvalue weighted by Crippen LogP contribution is 2.32. The lowest BCUT2D eigenvalue weighted by Gasteiger charge is -2.32. The second-order valence-corrected chi connectivity index (χ2v) is 8.10. The van der Waals surface area contributed by atoms with Gasteiger partial charge in [-0.2, -0.15) is 0 Å². The minimum absolute atomic E-state index is 0.0295. The van der Waals surface area contributed by atoms with Crippen LogP contribution in [0.3, 0.4) is 0 Å². The third-order valence-electron chi connectivity index (χ3n) is 5.68. The molecule has 0 unspecified atom stereocenters. The summed E-state index contributed by atoms with van der Waals surface area (Å²) in [6.45, 7) is 8.78. The monoisotopic (exact) mass is 364 g/mol. The van der Waals surface area contributed by atoms with Gasteiger partial charge in [0.2, 0.25) is 0 Å². The fourth-order valence-electron chi connectivity index (χ4n) is 4.23. The quantitative estimate of drug-likeness (QED) is 0.905. The van der Waals surface area contributed by atoms with Crippen molar-refractivity contribution in [3.8, 4) is 0 Å². The van der Waals surface area contributed by atoms with E-state index < -0.39 is 0 Å². The molecule has 0 saturated carbocycles. The molecule has 0 bridgehead atoms. The lowest BCUT2D eigenvalue weighted by molar-refractivity contribution is 0.0733. The Morgan fingerprint density at radius 3 is 2.70 bits per heavy atom. The second kappa shape index (κ2) is 7.39. The van der Waals surface area contributed by atoms with Gasteiger partial charge < -0.3 is 10.2 Å². The highest BCUT2D eigenvalue weighted by atomic mass is 16.2. The van der Waals surface area contributed by atoms with Gasteiger partial charge in [-0.05, 0) is 49.4 Å².